The van der Waals surface area contributed by atoms with Gasteiger partial charge in [0.05, 0.1) is 19.8 Å². The molecule has 0 aromatic heterocycles. The number of hydrogen-bond acceptors (Lipinski definition) is 4. The summed E-state index contributed by atoms with van der Waals surface area (Å²) in [6.07, 6.45) is 0. The summed E-state index contributed by atoms with van der Waals surface area (Å²) in [6.45, 7) is 8.80. The molecule has 154 valence electrons. The highest BCUT2D eigenvalue weighted by Gasteiger charge is 2.12. The lowest BCUT2D eigenvalue weighted by Gasteiger charge is -2.25. The third-order valence-electron chi connectivity index (χ3n) is 4.88. The van der Waals surface area contributed by atoms with Gasteiger partial charge in [-0.3, -0.25) is 20.0 Å². The van der Waals surface area contributed by atoms with Crippen LogP contribution in [-0.4, -0.2) is 56.2 Å². The van der Waals surface area contributed by atoms with Gasteiger partial charge in [0, 0.05) is 35.4 Å². The molecule has 3 rings (SSSR count). The van der Waals surface area contributed by atoms with E-state index in [-0.39, 0.29) is 5.91 Å². The van der Waals surface area contributed by atoms with E-state index in [4.69, 9.17) is 4.74 Å². The highest BCUT2D eigenvalue weighted by atomic mass is 79.9. The van der Waals surface area contributed by atoms with E-state index in [1.165, 1.54) is 0 Å². The second kappa shape index (κ2) is 10.5. The Kier molecular flexibility index (Phi) is 7.80. The zero-order chi connectivity index (χ0) is 20.6. The molecule has 1 saturated heterocycles. The van der Waals surface area contributed by atoms with Crippen molar-refractivity contribution in [1.82, 2.24) is 10.2 Å². The van der Waals surface area contributed by atoms with Gasteiger partial charge in [-0.1, -0.05) is 28.1 Å². The average molecular weight is 459 g/mol. The van der Waals surface area contributed by atoms with Gasteiger partial charge in [0.25, 0.3) is 5.91 Å². The second-order valence-electron chi connectivity index (χ2n) is 7.07. The van der Waals surface area contributed by atoms with Crippen LogP contribution in [0.15, 0.2) is 51.9 Å². The van der Waals surface area contributed by atoms with Crippen molar-refractivity contribution in [2.75, 3.05) is 44.7 Å². The van der Waals surface area contributed by atoms with Crippen molar-refractivity contribution in [2.24, 2.45) is 4.99 Å². The van der Waals surface area contributed by atoms with E-state index in [2.05, 4.69) is 36.5 Å². The van der Waals surface area contributed by atoms with E-state index >= 15 is 0 Å². The van der Waals surface area contributed by atoms with Crippen LogP contribution in [-0.2, 0) is 4.74 Å². The molecule has 0 bridgehead atoms. The summed E-state index contributed by atoms with van der Waals surface area (Å²) < 4.78 is 6.34. The number of aliphatic imine (C=N–C) groups is 1. The summed E-state index contributed by atoms with van der Waals surface area (Å²) in [6, 6.07) is 13.5. The van der Waals surface area contributed by atoms with Crippen LogP contribution in [0.4, 0.5) is 5.69 Å². The number of guanidine groups is 1. The van der Waals surface area contributed by atoms with Crippen molar-refractivity contribution in [3.05, 3.63) is 63.6 Å². The molecule has 0 unspecified atom stereocenters. The molecule has 7 heteroatoms. The third-order valence-corrected chi connectivity index (χ3v) is 5.37. The number of nitrogens with zero attached hydrogens (tertiary/aromatic N) is 2. The summed E-state index contributed by atoms with van der Waals surface area (Å²) in [5.41, 5.74) is 3.71. The number of nitrogens with one attached hydrogen (secondary N) is 2. The van der Waals surface area contributed by atoms with Crippen molar-refractivity contribution >= 4 is 33.5 Å². The Morgan fingerprint density at radius 1 is 1.14 bits per heavy atom. The number of hydrogen-bond donors (Lipinski definition) is 2. The number of morpholine rings is 1. The number of benzene rings is 2. The Bertz CT molecular complexity index is 879. The van der Waals surface area contributed by atoms with E-state index in [0.29, 0.717) is 18.1 Å². The average Bonchev–Trinajstić information content (AvgIpc) is 2.71. The summed E-state index contributed by atoms with van der Waals surface area (Å²) in [5, 5.41) is 6.16. The molecule has 1 fully saturated rings. The molecule has 1 heterocycles. The lowest BCUT2D eigenvalue weighted by atomic mass is 10.1. The molecule has 2 aromatic rings. The zero-order valence-corrected chi connectivity index (χ0v) is 18.5. The van der Waals surface area contributed by atoms with Gasteiger partial charge in [0.15, 0.2) is 0 Å². The zero-order valence-electron chi connectivity index (χ0n) is 16.9. The molecule has 2 aromatic carbocycles. The summed E-state index contributed by atoms with van der Waals surface area (Å²) >= 11 is 3.47. The Balaban J connectivity index is 1.70. The number of ether oxygens (including phenoxy) is 1. The molecule has 0 aliphatic carbocycles. The van der Waals surface area contributed by atoms with Crippen LogP contribution < -0.4 is 10.6 Å². The van der Waals surface area contributed by atoms with Crippen molar-refractivity contribution in [1.29, 1.82) is 0 Å². The maximum absolute atomic E-state index is 12.8. The topological polar surface area (TPSA) is 66.0 Å². The summed E-state index contributed by atoms with van der Waals surface area (Å²) in [5.74, 6) is 0.264. The van der Waals surface area contributed by atoms with Gasteiger partial charge >= 0.3 is 0 Å². The Morgan fingerprint density at radius 2 is 1.93 bits per heavy atom. The maximum atomic E-state index is 12.8. The third kappa shape index (κ3) is 6.66. The summed E-state index contributed by atoms with van der Waals surface area (Å²) in [4.78, 5) is 19.7. The predicted octanol–water partition coefficient (Wildman–Crippen LogP) is 3.60. The van der Waals surface area contributed by atoms with Crippen molar-refractivity contribution in [3.8, 4) is 0 Å². The fraction of sp³-hybridized carbons (Fsp3) is 0.364. The van der Waals surface area contributed by atoms with Gasteiger partial charge < -0.3 is 10.1 Å². The number of rotatable bonds is 5. The van der Waals surface area contributed by atoms with E-state index in [1.807, 2.05) is 56.3 Å². The number of carbonyl (C=O) groups is 1. The minimum atomic E-state index is -0.180. The molecular weight excluding hydrogens is 432 g/mol. The van der Waals surface area contributed by atoms with Crippen LogP contribution >= 0.6 is 15.9 Å². The van der Waals surface area contributed by atoms with E-state index in [9.17, 15) is 4.79 Å². The lowest BCUT2D eigenvalue weighted by molar-refractivity contribution is 0.0394. The van der Waals surface area contributed by atoms with Gasteiger partial charge in [0.1, 0.15) is 0 Å². The Hall–Kier alpha value is -2.22. The second-order valence-corrected chi connectivity index (χ2v) is 7.99. The molecule has 0 saturated carbocycles. The fourth-order valence-corrected chi connectivity index (χ4v) is 3.40. The van der Waals surface area contributed by atoms with Crippen LogP contribution in [0.25, 0.3) is 0 Å². The van der Waals surface area contributed by atoms with Crippen molar-refractivity contribution < 1.29 is 9.53 Å². The van der Waals surface area contributed by atoms with E-state index in [1.54, 1.807) is 0 Å². The SMILES string of the molecule is Cc1ccc(C(=O)NC(=NCCN2CCOCC2)Nc2cccc(Br)c2)cc1C. The fourth-order valence-electron chi connectivity index (χ4n) is 3.00. The van der Waals surface area contributed by atoms with Crippen LogP contribution in [0.5, 0.6) is 0 Å². The monoisotopic (exact) mass is 458 g/mol. The van der Waals surface area contributed by atoms with E-state index in [0.717, 1.165) is 54.1 Å². The lowest BCUT2D eigenvalue weighted by Crippen LogP contribution is -2.39. The molecule has 0 spiro atoms. The van der Waals surface area contributed by atoms with Gasteiger partial charge in [-0.05, 0) is 55.3 Å². The number of halogens is 1. The normalized spacial score (nSPS) is 15.2. The highest BCUT2D eigenvalue weighted by molar-refractivity contribution is 9.10. The molecule has 29 heavy (non-hydrogen) atoms. The number of carbonyl (C=O) groups excluding carboxylic acids is 1. The van der Waals surface area contributed by atoms with Crippen LogP contribution in [0.1, 0.15) is 21.5 Å². The first-order valence-corrected chi connectivity index (χ1v) is 10.6. The minimum absolute atomic E-state index is 0.180. The predicted molar refractivity (Wildman–Crippen MR) is 121 cm³/mol. The van der Waals surface area contributed by atoms with Crippen LogP contribution in [0, 0.1) is 13.8 Å². The van der Waals surface area contributed by atoms with Crippen molar-refractivity contribution in [2.45, 2.75) is 13.8 Å². The number of aryl methyl sites for hydroxylation is 2. The molecular formula is C22H27BrN4O2. The first-order chi connectivity index (χ1) is 14.0. The quantitative estimate of drug-likeness (QED) is 0.530. The van der Waals surface area contributed by atoms with Gasteiger partial charge in [0.2, 0.25) is 5.96 Å². The molecule has 2 N–H and O–H groups in total. The highest BCUT2D eigenvalue weighted by Crippen LogP contribution is 2.16. The summed E-state index contributed by atoms with van der Waals surface area (Å²) in [7, 11) is 0. The van der Waals surface area contributed by atoms with Crippen LogP contribution in [0.2, 0.25) is 0 Å². The molecule has 0 radical (unpaired) electrons. The van der Waals surface area contributed by atoms with Gasteiger partial charge in [-0.15, -0.1) is 0 Å². The van der Waals surface area contributed by atoms with Crippen LogP contribution in [0.3, 0.4) is 0 Å². The number of anilines is 1. The minimum Gasteiger partial charge on any atom is -0.379 e. The van der Waals surface area contributed by atoms with Crippen molar-refractivity contribution in [3.63, 3.8) is 0 Å². The molecule has 1 aliphatic rings. The first-order valence-electron chi connectivity index (χ1n) is 9.77. The van der Waals surface area contributed by atoms with E-state index < -0.39 is 0 Å². The Labute approximate surface area is 180 Å². The smallest absolute Gasteiger partial charge is 0.257 e. The molecule has 6 nitrogen and oxygen atoms in total. The molecule has 1 amide bonds. The Morgan fingerprint density at radius 3 is 2.66 bits per heavy atom. The standard InChI is InChI=1S/C22H27BrN4O2/c1-16-6-7-18(14-17(16)2)21(28)26-22(25-20-5-3-4-19(23)15-20)24-8-9-27-10-12-29-13-11-27/h3-7,14-15H,8-13H2,1-2H3,(H2,24,25,26,28). The van der Waals surface area contributed by atoms with Gasteiger partial charge in [-0.25, -0.2) is 0 Å². The maximum Gasteiger partial charge on any atom is 0.257 e. The van der Waals surface area contributed by atoms with Gasteiger partial charge in [-0.2, -0.15) is 0 Å². The largest absolute Gasteiger partial charge is 0.379 e. The first kappa shape index (κ1) is 21.5. The number of amides is 1. The molecule has 0 atom stereocenters. The molecule has 1 aliphatic heterocycles.